The van der Waals surface area contributed by atoms with E-state index in [1.165, 1.54) is 18.4 Å². The third-order valence-electron chi connectivity index (χ3n) is 4.22. The summed E-state index contributed by atoms with van der Waals surface area (Å²) < 4.78 is 15.4. The Morgan fingerprint density at radius 2 is 1.88 bits per heavy atom. The molecule has 1 heterocycles. The number of rotatable bonds is 10. The molecule has 0 unspecified atom stereocenters. The molecule has 8 nitrogen and oxygen atoms in total. The second-order valence-electron chi connectivity index (χ2n) is 6.54. The van der Waals surface area contributed by atoms with E-state index in [1.807, 2.05) is 36.4 Å². The molecule has 1 N–H and O–H groups in total. The maximum Gasteiger partial charge on any atom is 0.337 e. The number of thiazole rings is 1. The lowest BCUT2D eigenvalue weighted by Crippen LogP contribution is -2.07. The number of hydrazone groups is 1. The minimum absolute atomic E-state index is 0.145. The van der Waals surface area contributed by atoms with E-state index >= 15 is 0 Å². The summed E-state index contributed by atoms with van der Waals surface area (Å²) in [6.45, 7) is 2.51. The lowest BCUT2D eigenvalue weighted by Gasteiger charge is -2.07. The molecule has 0 spiro atoms. The lowest BCUT2D eigenvalue weighted by molar-refractivity contribution is -0.142. The minimum Gasteiger partial charge on any atom is -0.489 e. The van der Waals surface area contributed by atoms with Crippen molar-refractivity contribution in [3.63, 3.8) is 0 Å². The molecule has 9 heteroatoms. The number of anilines is 1. The summed E-state index contributed by atoms with van der Waals surface area (Å²) in [4.78, 5) is 27.3. The van der Waals surface area contributed by atoms with Crippen LogP contribution < -0.4 is 10.2 Å². The van der Waals surface area contributed by atoms with Crippen LogP contribution in [-0.2, 0) is 27.3 Å². The maximum absolute atomic E-state index is 11.5. The Morgan fingerprint density at radius 1 is 1.12 bits per heavy atom. The predicted octanol–water partition coefficient (Wildman–Crippen LogP) is 4.06. The molecule has 0 radical (unpaired) electrons. The number of esters is 2. The fourth-order valence-corrected chi connectivity index (χ4v) is 3.29. The van der Waals surface area contributed by atoms with E-state index in [1.54, 1.807) is 30.7 Å². The standard InChI is InChI=1S/C23H23N3O5S/c1-3-30-21(27)12-19-15-32-23(25-19)26-24-13-16-6-10-20(11-7-16)31-14-17-4-8-18(9-5-17)22(28)29-2/h4-11,13,15H,3,12,14H2,1-2H3,(H,25,26). The third kappa shape index (κ3) is 6.92. The Hall–Kier alpha value is -3.72. The van der Waals surface area contributed by atoms with Crippen LogP contribution in [0.1, 0.15) is 34.1 Å². The van der Waals surface area contributed by atoms with Gasteiger partial charge in [-0.1, -0.05) is 12.1 Å². The van der Waals surface area contributed by atoms with Gasteiger partial charge in [0.05, 0.1) is 37.6 Å². The number of carbonyl (C=O) groups is 2. The number of nitrogens with one attached hydrogen (secondary N) is 1. The molecule has 0 aliphatic rings. The number of aromatic nitrogens is 1. The molecule has 0 saturated carbocycles. The Balaban J connectivity index is 1.46. The monoisotopic (exact) mass is 453 g/mol. The summed E-state index contributed by atoms with van der Waals surface area (Å²) >= 11 is 1.37. The Kier molecular flexibility index (Phi) is 8.33. The smallest absolute Gasteiger partial charge is 0.337 e. The summed E-state index contributed by atoms with van der Waals surface area (Å²) in [5.41, 5.74) is 5.83. The number of benzene rings is 2. The van der Waals surface area contributed by atoms with Gasteiger partial charge in [0.1, 0.15) is 12.4 Å². The fraction of sp³-hybridized carbons (Fsp3) is 0.217. The van der Waals surface area contributed by atoms with Crippen molar-refractivity contribution in [2.75, 3.05) is 19.1 Å². The first-order chi connectivity index (χ1) is 15.6. The zero-order chi connectivity index (χ0) is 22.8. The normalized spacial score (nSPS) is 10.7. The molecule has 1 aromatic heterocycles. The zero-order valence-corrected chi connectivity index (χ0v) is 18.6. The van der Waals surface area contributed by atoms with Gasteiger partial charge in [-0.15, -0.1) is 11.3 Å². The predicted molar refractivity (Wildman–Crippen MR) is 122 cm³/mol. The van der Waals surface area contributed by atoms with Crippen molar-refractivity contribution < 1.29 is 23.8 Å². The first-order valence-corrected chi connectivity index (χ1v) is 10.7. The molecule has 32 heavy (non-hydrogen) atoms. The van der Waals surface area contributed by atoms with Gasteiger partial charge in [-0.3, -0.25) is 10.2 Å². The van der Waals surface area contributed by atoms with Crippen LogP contribution in [-0.4, -0.2) is 36.9 Å². The van der Waals surface area contributed by atoms with Gasteiger partial charge in [0.25, 0.3) is 0 Å². The first kappa shape index (κ1) is 23.0. The van der Waals surface area contributed by atoms with Crippen LogP contribution >= 0.6 is 11.3 Å². The quantitative estimate of drug-likeness (QED) is 0.281. The van der Waals surface area contributed by atoms with Crippen molar-refractivity contribution in [2.24, 2.45) is 5.10 Å². The van der Waals surface area contributed by atoms with Crippen molar-refractivity contribution >= 4 is 34.6 Å². The molecule has 0 bridgehead atoms. The average Bonchev–Trinajstić information content (AvgIpc) is 3.25. The van der Waals surface area contributed by atoms with Gasteiger partial charge in [-0.2, -0.15) is 5.10 Å². The number of methoxy groups -OCH3 is 1. The first-order valence-electron chi connectivity index (χ1n) is 9.86. The molecule has 2 aromatic carbocycles. The second-order valence-corrected chi connectivity index (χ2v) is 7.40. The molecule has 3 rings (SSSR count). The lowest BCUT2D eigenvalue weighted by atomic mass is 10.1. The summed E-state index contributed by atoms with van der Waals surface area (Å²) in [6, 6.07) is 14.5. The van der Waals surface area contributed by atoms with Gasteiger partial charge < -0.3 is 14.2 Å². The van der Waals surface area contributed by atoms with Crippen molar-refractivity contribution in [2.45, 2.75) is 20.0 Å². The second kappa shape index (κ2) is 11.6. The third-order valence-corrected chi connectivity index (χ3v) is 5.01. The SMILES string of the molecule is CCOC(=O)Cc1csc(NN=Cc2ccc(OCc3ccc(C(=O)OC)cc3)cc2)n1. The number of hydrogen-bond acceptors (Lipinski definition) is 9. The van der Waals surface area contributed by atoms with Crippen molar-refractivity contribution in [1.29, 1.82) is 0 Å². The van der Waals surface area contributed by atoms with Gasteiger partial charge in [0.2, 0.25) is 5.13 Å². The van der Waals surface area contributed by atoms with Crippen LogP contribution in [0.4, 0.5) is 5.13 Å². The average molecular weight is 454 g/mol. The van der Waals surface area contributed by atoms with Crippen LogP contribution in [0.5, 0.6) is 5.75 Å². The van der Waals surface area contributed by atoms with E-state index < -0.39 is 0 Å². The molecular formula is C23H23N3O5S. The minimum atomic E-state index is -0.365. The molecule has 166 valence electrons. The van der Waals surface area contributed by atoms with Crippen LogP contribution in [0.3, 0.4) is 0 Å². The summed E-state index contributed by atoms with van der Waals surface area (Å²) in [5, 5.41) is 6.56. The van der Waals surface area contributed by atoms with Gasteiger partial charge >= 0.3 is 11.9 Å². The van der Waals surface area contributed by atoms with Crippen LogP contribution in [0.25, 0.3) is 0 Å². The fourth-order valence-electron chi connectivity index (χ4n) is 2.63. The summed E-state index contributed by atoms with van der Waals surface area (Å²) in [6.07, 6.45) is 1.81. The summed E-state index contributed by atoms with van der Waals surface area (Å²) in [5.74, 6) is 0.0558. The highest BCUT2D eigenvalue weighted by molar-refractivity contribution is 7.13. The summed E-state index contributed by atoms with van der Waals surface area (Å²) in [7, 11) is 1.35. The van der Waals surface area contributed by atoms with Crippen molar-refractivity contribution in [3.05, 3.63) is 76.3 Å². The maximum atomic E-state index is 11.5. The van der Waals surface area contributed by atoms with Crippen LogP contribution in [0.15, 0.2) is 59.0 Å². The topological polar surface area (TPSA) is 99.1 Å². The number of hydrogen-bond donors (Lipinski definition) is 1. The molecule has 0 aliphatic carbocycles. The zero-order valence-electron chi connectivity index (χ0n) is 17.7. The molecule has 3 aromatic rings. The highest BCUT2D eigenvalue weighted by atomic mass is 32.1. The Morgan fingerprint density at radius 3 is 2.56 bits per heavy atom. The molecule has 0 aliphatic heterocycles. The van der Waals surface area contributed by atoms with Crippen molar-refractivity contribution in [3.8, 4) is 5.75 Å². The Labute approximate surface area is 189 Å². The van der Waals surface area contributed by atoms with E-state index in [0.29, 0.717) is 29.6 Å². The van der Waals surface area contributed by atoms with Crippen LogP contribution in [0, 0.1) is 0 Å². The largest absolute Gasteiger partial charge is 0.489 e. The molecule has 0 fully saturated rings. The van der Waals surface area contributed by atoms with E-state index in [9.17, 15) is 9.59 Å². The van der Waals surface area contributed by atoms with Gasteiger partial charge in [0, 0.05) is 5.38 Å². The van der Waals surface area contributed by atoms with Gasteiger partial charge in [0.15, 0.2) is 0 Å². The van der Waals surface area contributed by atoms with Crippen molar-refractivity contribution in [1.82, 2.24) is 4.98 Å². The van der Waals surface area contributed by atoms with E-state index in [0.717, 1.165) is 16.9 Å². The highest BCUT2D eigenvalue weighted by Gasteiger charge is 2.08. The van der Waals surface area contributed by atoms with E-state index in [2.05, 4.69) is 20.2 Å². The molecule has 0 saturated heterocycles. The molecule has 0 amide bonds. The highest BCUT2D eigenvalue weighted by Crippen LogP contribution is 2.17. The van der Waals surface area contributed by atoms with Gasteiger partial charge in [-0.25, -0.2) is 9.78 Å². The van der Waals surface area contributed by atoms with Gasteiger partial charge in [-0.05, 0) is 54.4 Å². The number of ether oxygens (including phenoxy) is 3. The number of carbonyl (C=O) groups excluding carboxylic acids is 2. The van der Waals surface area contributed by atoms with Crippen LogP contribution in [0.2, 0.25) is 0 Å². The van der Waals surface area contributed by atoms with E-state index in [4.69, 9.17) is 9.47 Å². The molecule has 0 atom stereocenters. The molecular weight excluding hydrogens is 430 g/mol. The Bertz CT molecular complexity index is 1060. The van der Waals surface area contributed by atoms with E-state index in [-0.39, 0.29) is 18.4 Å². The number of nitrogens with zero attached hydrogens (tertiary/aromatic N) is 2.